The minimum absolute atomic E-state index is 0.273. The van der Waals surface area contributed by atoms with Gasteiger partial charge in [-0.2, -0.15) is 0 Å². The Morgan fingerprint density at radius 3 is 2.47 bits per heavy atom. The van der Waals surface area contributed by atoms with E-state index < -0.39 is 9.84 Å². The number of nitrogens with zero attached hydrogens (tertiary/aromatic N) is 1. The van der Waals surface area contributed by atoms with E-state index in [4.69, 9.17) is 0 Å². The Kier molecular flexibility index (Phi) is 5.57. The molecule has 0 atom stereocenters. The topological polar surface area (TPSA) is 37.4 Å². The summed E-state index contributed by atoms with van der Waals surface area (Å²) in [5, 5.41) is 0.976. The van der Waals surface area contributed by atoms with E-state index in [2.05, 4.69) is 20.8 Å². The van der Waals surface area contributed by atoms with Crippen molar-refractivity contribution >= 4 is 25.8 Å². The Bertz CT molecular complexity index is 275. The fourth-order valence-corrected chi connectivity index (χ4v) is 2.97. The van der Waals surface area contributed by atoms with Crippen molar-refractivity contribution in [2.45, 2.75) is 32.2 Å². The zero-order valence-corrected chi connectivity index (χ0v) is 11.7. The zero-order valence-electron chi connectivity index (χ0n) is 9.28. The van der Waals surface area contributed by atoms with Crippen LogP contribution in [0.4, 0.5) is 0 Å². The maximum absolute atomic E-state index is 11.3. The predicted molar refractivity (Wildman–Crippen MR) is 67.3 cm³/mol. The van der Waals surface area contributed by atoms with Gasteiger partial charge >= 0.3 is 0 Å². The molecule has 0 unspecified atom stereocenters. The molecule has 0 bridgehead atoms. The molecule has 1 aliphatic rings. The van der Waals surface area contributed by atoms with E-state index in [-0.39, 0.29) is 5.75 Å². The van der Waals surface area contributed by atoms with Crippen LogP contribution in [0.15, 0.2) is 0 Å². The lowest BCUT2D eigenvalue weighted by molar-refractivity contribution is 0.282. The average Bonchev–Trinajstić information content (AvgIpc) is 3.00. The van der Waals surface area contributed by atoms with Crippen molar-refractivity contribution in [2.24, 2.45) is 0 Å². The van der Waals surface area contributed by atoms with Crippen LogP contribution in [0.3, 0.4) is 0 Å². The number of rotatable bonds is 8. The van der Waals surface area contributed by atoms with Gasteiger partial charge in [-0.15, -0.1) is 0 Å². The molecule has 1 rings (SSSR count). The molecule has 0 aromatic rings. The summed E-state index contributed by atoms with van der Waals surface area (Å²) in [7, 11) is -2.77. The summed E-state index contributed by atoms with van der Waals surface area (Å²) in [4.78, 5) is 2.40. The fourth-order valence-electron chi connectivity index (χ4n) is 1.66. The Morgan fingerprint density at radius 2 is 2.00 bits per heavy atom. The number of sulfone groups is 1. The second kappa shape index (κ2) is 6.21. The number of halogens is 1. The summed E-state index contributed by atoms with van der Waals surface area (Å²) in [5.41, 5.74) is 0. The average molecular weight is 298 g/mol. The highest BCUT2D eigenvalue weighted by atomic mass is 79.9. The molecule has 0 heterocycles. The van der Waals surface area contributed by atoms with Crippen LogP contribution in [-0.2, 0) is 9.84 Å². The summed E-state index contributed by atoms with van der Waals surface area (Å²) in [6, 6.07) is 0.729. The van der Waals surface area contributed by atoms with Crippen molar-refractivity contribution in [3.05, 3.63) is 0 Å². The lowest BCUT2D eigenvalue weighted by Crippen LogP contribution is -2.30. The summed E-state index contributed by atoms with van der Waals surface area (Å²) in [5.74, 6) is 0.615. The molecule has 1 aliphatic carbocycles. The smallest absolute Gasteiger partial charge is 0.150 e. The third-order valence-electron chi connectivity index (χ3n) is 2.78. The van der Waals surface area contributed by atoms with Crippen molar-refractivity contribution in [3.63, 3.8) is 0 Å². The lowest BCUT2D eigenvalue weighted by Gasteiger charge is -2.20. The second-order valence-corrected chi connectivity index (χ2v) is 7.31. The molecule has 0 N–H and O–H groups in total. The first-order valence-corrected chi connectivity index (χ1v) is 8.54. The van der Waals surface area contributed by atoms with Crippen LogP contribution in [-0.4, -0.2) is 49.3 Å². The molecule has 1 saturated carbocycles. The van der Waals surface area contributed by atoms with Crippen LogP contribution in [0, 0.1) is 0 Å². The zero-order chi connectivity index (χ0) is 11.3. The molecule has 0 amide bonds. The molecule has 5 heteroatoms. The Labute approximate surface area is 101 Å². The van der Waals surface area contributed by atoms with Crippen LogP contribution >= 0.6 is 15.9 Å². The van der Waals surface area contributed by atoms with E-state index in [9.17, 15) is 8.42 Å². The first kappa shape index (κ1) is 13.5. The largest absolute Gasteiger partial charge is 0.300 e. The van der Waals surface area contributed by atoms with Gasteiger partial charge in [0, 0.05) is 23.7 Å². The fraction of sp³-hybridized carbons (Fsp3) is 1.00. The van der Waals surface area contributed by atoms with Crippen molar-refractivity contribution in [1.29, 1.82) is 0 Å². The quantitative estimate of drug-likeness (QED) is 0.640. The van der Waals surface area contributed by atoms with Gasteiger partial charge in [0.05, 0.1) is 5.75 Å². The van der Waals surface area contributed by atoms with E-state index in [1.54, 1.807) is 6.92 Å². The minimum atomic E-state index is -2.77. The molecular formula is C10H20BrNO2S. The van der Waals surface area contributed by atoms with Crippen LogP contribution in [0.1, 0.15) is 26.2 Å². The summed E-state index contributed by atoms with van der Waals surface area (Å²) in [6.07, 6.45) is 3.35. The van der Waals surface area contributed by atoms with Crippen molar-refractivity contribution < 1.29 is 8.42 Å². The standard InChI is InChI=1S/C10H20BrNO2S/c1-2-15(13,14)9-3-7-12(8-6-11)10-4-5-10/h10H,2-9H2,1H3. The van der Waals surface area contributed by atoms with Gasteiger partial charge in [-0.05, 0) is 25.8 Å². The van der Waals surface area contributed by atoms with Crippen molar-refractivity contribution in [3.8, 4) is 0 Å². The van der Waals surface area contributed by atoms with Crippen LogP contribution in [0.2, 0.25) is 0 Å². The van der Waals surface area contributed by atoms with Gasteiger partial charge in [0.25, 0.3) is 0 Å². The van der Waals surface area contributed by atoms with E-state index in [1.807, 2.05) is 0 Å². The predicted octanol–water partition coefficient (Wildman–Crippen LogP) is 1.67. The molecular weight excluding hydrogens is 278 g/mol. The molecule has 90 valence electrons. The number of hydrogen-bond donors (Lipinski definition) is 0. The Hall–Kier alpha value is 0.390. The highest BCUT2D eigenvalue weighted by molar-refractivity contribution is 9.09. The van der Waals surface area contributed by atoms with Gasteiger partial charge in [-0.1, -0.05) is 22.9 Å². The second-order valence-electron chi connectivity index (χ2n) is 4.05. The molecule has 0 aromatic carbocycles. The summed E-state index contributed by atoms with van der Waals surface area (Å²) < 4.78 is 22.6. The van der Waals surface area contributed by atoms with E-state index in [0.29, 0.717) is 5.75 Å². The van der Waals surface area contributed by atoms with Gasteiger partial charge < -0.3 is 0 Å². The van der Waals surface area contributed by atoms with E-state index in [1.165, 1.54) is 12.8 Å². The molecule has 3 nitrogen and oxygen atoms in total. The van der Waals surface area contributed by atoms with Crippen LogP contribution < -0.4 is 0 Å². The highest BCUT2D eigenvalue weighted by Crippen LogP contribution is 2.26. The van der Waals surface area contributed by atoms with Gasteiger partial charge in [0.2, 0.25) is 0 Å². The minimum Gasteiger partial charge on any atom is -0.300 e. The van der Waals surface area contributed by atoms with Crippen molar-refractivity contribution in [2.75, 3.05) is 29.9 Å². The number of hydrogen-bond acceptors (Lipinski definition) is 3. The van der Waals surface area contributed by atoms with E-state index >= 15 is 0 Å². The Balaban J connectivity index is 2.22. The maximum Gasteiger partial charge on any atom is 0.150 e. The van der Waals surface area contributed by atoms with Gasteiger partial charge in [-0.3, -0.25) is 4.90 Å². The molecule has 0 aromatic heterocycles. The third kappa shape index (κ3) is 5.31. The molecule has 0 spiro atoms. The summed E-state index contributed by atoms with van der Waals surface area (Å²) >= 11 is 3.43. The van der Waals surface area contributed by atoms with Crippen molar-refractivity contribution in [1.82, 2.24) is 4.90 Å². The van der Waals surface area contributed by atoms with Gasteiger partial charge in [0.15, 0.2) is 0 Å². The van der Waals surface area contributed by atoms with E-state index in [0.717, 1.165) is 30.9 Å². The molecule has 0 aliphatic heterocycles. The Morgan fingerprint density at radius 1 is 1.33 bits per heavy atom. The number of alkyl halides is 1. The molecule has 0 saturated heterocycles. The SMILES string of the molecule is CCS(=O)(=O)CCCN(CCBr)C1CC1. The van der Waals surface area contributed by atoms with Crippen LogP contribution in [0.25, 0.3) is 0 Å². The molecule has 0 radical (unpaired) electrons. The molecule has 15 heavy (non-hydrogen) atoms. The summed E-state index contributed by atoms with van der Waals surface area (Å²) in [6.45, 7) is 3.68. The monoisotopic (exact) mass is 297 g/mol. The first-order valence-electron chi connectivity index (χ1n) is 5.59. The van der Waals surface area contributed by atoms with Gasteiger partial charge in [-0.25, -0.2) is 8.42 Å². The normalized spacial score (nSPS) is 17.3. The first-order chi connectivity index (χ1) is 7.09. The third-order valence-corrected chi connectivity index (χ3v) is 4.92. The van der Waals surface area contributed by atoms with Crippen LogP contribution in [0.5, 0.6) is 0 Å². The highest BCUT2D eigenvalue weighted by Gasteiger charge is 2.28. The van der Waals surface area contributed by atoms with Gasteiger partial charge in [0.1, 0.15) is 9.84 Å². The maximum atomic E-state index is 11.3. The molecule has 1 fully saturated rings. The lowest BCUT2D eigenvalue weighted by atomic mass is 10.4.